The number of carbonyl (C=O) groups excluding carboxylic acids is 1. The quantitative estimate of drug-likeness (QED) is 0.836. The van der Waals surface area contributed by atoms with E-state index >= 15 is 0 Å². The lowest BCUT2D eigenvalue weighted by Crippen LogP contribution is -2.50. The van der Waals surface area contributed by atoms with Gasteiger partial charge in [-0.15, -0.1) is 0 Å². The molecule has 0 aromatic heterocycles. The number of carbonyl (C=O) groups is 1. The van der Waals surface area contributed by atoms with Gasteiger partial charge in [0.05, 0.1) is 0 Å². The minimum Gasteiger partial charge on any atom is -0.489 e. The van der Waals surface area contributed by atoms with Crippen LogP contribution in [0.15, 0.2) is 54.6 Å². The lowest BCUT2D eigenvalue weighted by Gasteiger charge is -2.33. The first-order valence-electron chi connectivity index (χ1n) is 8.34. The molecule has 0 unspecified atom stereocenters. The normalized spacial score (nSPS) is 15.0. The number of piperazine rings is 1. The van der Waals surface area contributed by atoms with Crippen molar-refractivity contribution < 1.29 is 18.7 Å². The van der Waals surface area contributed by atoms with Gasteiger partial charge in [-0.1, -0.05) is 30.3 Å². The second kappa shape index (κ2) is 8.48. The number of amides is 1. The van der Waals surface area contributed by atoms with E-state index in [0.717, 1.165) is 13.1 Å². The Bertz CT molecular complexity index is 688. The predicted octanol–water partition coefficient (Wildman–Crippen LogP) is 3.02. The summed E-state index contributed by atoms with van der Waals surface area (Å²) in [7, 11) is 0. The number of halogens is 1. The van der Waals surface area contributed by atoms with Crippen molar-refractivity contribution in [3.05, 3.63) is 60.4 Å². The Morgan fingerprint density at radius 2 is 1.64 bits per heavy atom. The average Bonchev–Trinajstić information content (AvgIpc) is 2.65. The van der Waals surface area contributed by atoms with Gasteiger partial charge in [0.15, 0.2) is 11.6 Å². The lowest BCUT2D eigenvalue weighted by atomic mass is 10.3. The van der Waals surface area contributed by atoms with Crippen molar-refractivity contribution in [2.75, 3.05) is 39.3 Å². The van der Waals surface area contributed by atoms with E-state index in [1.54, 1.807) is 35.2 Å². The summed E-state index contributed by atoms with van der Waals surface area (Å²) in [6.45, 7) is 3.79. The molecule has 0 saturated carbocycles. The number of nitrogens with zero attached hydrogens (tertiary/aromatic N) is 2. The molecule has 0 spiro atoms. The topological polar surface area (TPSA) is 42.0 Å². The van der Waals surface area contributed by atoms with E-state index in [1.165, 1.54) is 6.07 Å². The summed E-state index contributed by atoms with van der Waals surface area (Å²) < 4.78 is 24.3. The van der Waals surface area contributed by atoms with Gasteiger partial charge >= 0.3 is 6.09 Å². The van der Waals surface area contributed by atoms with Crippen LogP contribution >= 0.6 is 0 Å². The Morgan fingerprint density at radius 3 is 2.36 bits per heavy atom. The maximum atomic E-state index is 13.5. The molecule has 2 aromatic rings. The maximum Gasteiger partial charge on any atom is 0.415 e. The van der Waals surface area contributed by atoms with Crippen molar-refractivity contribution in [2.45, 2.75) is 0 Å². The first-order valence-corrected chi connectivity index (χ1v) is 8.34. The second-order valence-corrected chi connectivity index (χ2v) is 5.79. The van der Waals surface area contributed by atoms with Crippen molar-refractivity contribution in [3.8, 4) is 11.5 Å². The highest BCUT2D eigenvalue weighted by Crippen LogP contribution is 2.15. The van der Waals surface area contributed by atoms with E-state index in [4.69, 9.17) is 9.47 Å². The molecule has 1 amide bonds. The molecule has 2 aromatic carbocycles. The van der Waals surface area contributed by atoms with Gasteiger partial charge in [0.25, 0.3) is 0 Å². The Hall–Kier alpha value is -2.60. The third-order valence-electron chi connectivity index (χ3n) is 4.08. The summed E-state index contributed by atoms with van der Waals surface area (Å²) in [5.41, 5.74) is 0. The zero-order valence-electron chi connectivity index (χ0n) is 13.9. The highest BCUT2D eigenvalue weighted by Gasteiger charge is 2.22. The fourth-order valence-electron chi connectivity index (χ4n) is 2.65. The molecule has 1 aliphatic rings. The average molecular weight is 344 g/mol. The van der Waals surface area contributed by atoms with Crippen molar-refractivity contribution in [2.24, 2.45) is 0 Å². The molecule has 6 heteroatoms. The maximum absolute atomic E-state index is 13.5. The van der Waals surface area contributed by atoms with E-state index in [1.807, 2.05) is 18.2 Å². The Morgan fingerprint density at radius 1 is 0.960 bits per heavy atom. The van der Waals surface area contributed by atoms with Gasteiger partial charge in [-0.2, -0.15) is 0 Å². The third kappa shape index (κ3) is 4.93. The molecule has 0 radical (unpaired) electrons. The molecule has 0 aliphatic carbocycles. The SMILES string of the molecule is O=C(Oc1ccccc1)N1CCN(CCOc2ccccc2F)CC1. The molecule has 0 N–H and O–H groups in total. The summed E-state index contributed by atoms with van der Waals surface area (Å²) in [6, 6.07) is 15.4. The zero-order chi connectivity index (χ0) is 17.5. The van der Waals surface area contributed by atoms with Crippen molar-refractivity contribution in [3.63, 3.8) is 0 Å². The molecule has 0 bridgehead atoms. The molecule has 1 aliphatic heterocycles. The van der Waals surface area contributed by atoms with Gasteiger partial charge < -0.3 is 14.4 Å². The zero-order valence-corrected chi connectivity index (χ0v) is 13.9. The van der Waals surface area contributed by atoms with Crippen LogP contribution in [-0.4, -0.2) is 55.2 Å². The number of hydrogen-bond acceptors (Lipinski definition) is 4. The summed E-state index contributed by atoms with van der Waals surface area (Å²) in [6.07, 6.45) is -0.326. The smallest absolute Gasteiger partial charge is 0.415 e. The van der Waals surface area contributed by atoms with Crippen LogP contribution in [0, 0.1) is 5.82 Å². The molecular formula is C19H21FN2O3. The van der Waals surface area contributed by atoms with Crippen LogP contribution in [0.2, 0.25) is 0 Å². The van der Waals surface area contributed by atoms with Gasteiger partial charge in [0.2, 0.25) is 0 Å². The third-order valence-corrected chi connectivity index (χ3v) is 4.08. The highest BCUT2D eigenvalue weighted by atomic mass is 19.1. The monoisotopic (exact) mass is 344 g/mol. The largest absolute Gasteiger partial charge is 0.489 e. The molecular weight excluding hydrogens is 323 g/mol. The number of rotatable bonds is 5. The van der Waals surface area contributed by atoms with Crippen LogP contribution in [0.1, 0.15) is 0 Å². The standard InChI is InChI=1S/C19H21FN2O3/c20-17-8-4-5-9-18(17)24-15-14-21-10-12-22(13-11-21)19(23)25-16-6-2-1-3-7-16/h1-9H,10-15H2. The van der Waals surface area contributed by atoms with Gasteiger partial charge in [-0.25, -0.2) is 9.18 Å². The van der Waals surface area contributed by atoms with Gasteiger partial charge in [-0.3, -0.25) is 4.90 Å². The molecule has 0 atom stereocenters. The second-order valence-electron chi connectivity index (χ2n) is 5.79. The molecule has 5 nitrogen and oxygen atoms in total. The first-order chi connectivity index (χ1) is 12.2. The molecule has 1 heterocycles. The van der Waals surface area contributed by atoms with Gasteiger partial charge in [-0.05, 0) is 24.3 Å². The van der Waals surface area contributed by atoms with Crippen molar-refractivity contribution >= 4 is 6.09 Å². The van der Waals surface area contributed by atoms with Crippen LogP contribution in [0.5, 0.6) is 11.5 Å². The first kappa shape index (κ1) is 17.2. The van der Waals surface area contributed by atoms with E-state index in [9.17, 15) is 9.18 Å². The van der Waals surface area contributed by atoms with Crippen LogP contribution in [0.3, 0.4) is 0 Å². The van der Waals surface area contributed by atoms with E-state index in [-0.39, 0.29) is 17.7 Å². The van der Waals surface area contributed by atoms with E-state index in [0.29, 0.717) is 32.0 Å². The Kier molecular flexibility index (Phi) is 5.85. The number of para-hydroxylation sites is 2. The van der Waals surface area contributed by atoms with Crippen molar-refractivity contribution in [1.29, 1.82) is 0 Å². The number of benzene rings is 2. The fraction of sp³-hybridized carbons (Fsp3) is 0.316. The molecule has 3 rings (SSSR count). The van der Waals surface area contributed by atoms with Gasteiger partial charge in [0.1, 0.15) is 12.4 Å². The van der Waals surface area contributed by atoms with Crippen molar-refractivity contribution in [1.82, 2.24) is 9.80 Å². The number of hydrogen-bond donors (Lipinski definition) is 0. The predicted molar refractivity (Wildman–Crippen MR) is 92.4 cm³/mol. The minimum absolute atomic E-state index is 0.271. The summed E-state index contributed by atoms with van der Waals surface area (Å²) in [5.74, 6) is 0.469. The minimum atomic E-state index is -0.351. The Labute approximate surface area is 146 Å². The van der Waals surface area contributed by atoms with E-state index < -0.39 is 0 Å². The number of ether oxygens (including phenoxy) is 2. The summed E-state index contributed by atoms with van der Waals surface area (Å²) >= 11 is 0. The highest BCUT2D eigenvalue weighted by molar-refractivity contribution is 5.70. The van der Waals surface area contributed by atoms with Crippen LogP contribution in [-0.2, 0) is 0 Å². The fourth-order valence-corrected chi connectivity index (χ4v) is 2.65. The van der Waals surface area contributed by atoms with Crippen LogP contribution in [0.4, 0.5) is 9.18 Å². The van der Waals surface area contributed by atoms with Gasteiger partial charge in [0, 0.05) is 32.7 Å². The Balaban J connectivity index is 1.38. The summed E-state index contributed by atoms with van der Waals surface area (Å²) in [5, 5.41) is 0. The summed E-state index contributed by atoms with van der Waals surface area (Å²) in [4.78, 5) is 16.0. The molecule has 1 saturated heterocycles. The molecule has 25 heavy (non-hydrogen) atoms. The van der Waals surface area contributed by atoms with E-state index in [2.05, 4.69) is 4.90 Å². The van der Waals surface area contributed by atoms with Crippen LogP contribution < -0.4 is 9.47 Å². The van der Waals surface area contributed by atoms with Crippen LogP contribution in [0.25, 0.3) is 0 Å². The molecule has 132 valence electrons. The lowest BCUT2D eigenvalue weighted by molar-refractivity contribution is 0.102. The molecule has 1 fully saturated rings.